The van der Waals surface area contributed by atoms with Crippen molar-refractivity contribution < 1.29 is 14.7 Å². The topological polar surface area (TPSA) is 78.4 Å². The second-order valence-electron chi connectivity index (χ2n) is 4.39. The summed E-state index contributed by atoms with van der Waals surface area (Å²) in [5.74, 6) is -1.54. The maximum atomic E-state index is 12.1. The van der Waals surface area contributed by atoms with Crippen LogP contribution < -0.4 is 10.6 Å². The number of carbonyl (C=O) groups excluding carboxylic acids is 1. The van der Waals surface area contributed by atoms with Gasteiger partial charge in [0, 0.05) is 10.2 Å². The molecule has 0 aromatic heterocycles. The van der Waals surface area contributed by atoms with E-state index in [0.717, 1.165) is 0 Å². The fraction of sp³-hybridized carbons (Fsp3) is 0. The van der Waals surface area contributed by atoms with Crippen molar-refractivity contribution in [2.45, 2.75) is 0 Å². The smallest absolute Gasteiger partial charge is 0.337 e. The van der Waals surface area contributed by atoms with Crippen LogP contribution in [0.5, 0.6) is 0 Å². The second-order valence-corrected chi connectivity index (χ2v) is 6.06. The zero-order valence-electron chi connectivity index (χ0n) is 11.5. The molecule has 23 heavy (non-hydrogen) atoms. The minimum atomic E-state index is -1.15. The van der Waals surface area contributed by atoms with E-state index in [1.165, 1.54) is 12.1 Å². The highest BCUT2D eigenvalue weighted by Gasteiger charge is 2.13. The Kier molecular flexibility index (Phi) is 5.70. The summed E-state index contributed by atoms with van der Waals surface area (Å²) >= 11 is 14.1. The summed E-state index contributed by atoms with van der Waals surface area (Å²) in [6.45, 7) is 0. The number of benzene rings is 2. The van der Waals surface area contributed by atoms with Crippen molar-refractivity contribution in [1.82, 2.24) is 5.32 Å². The number of hydrogen-bond acceptors (Lipinski definition) is 3. The third-order valence-electron chi connectivity index (χ3n) is 2.80. The van der Waals surface area contributed by atoms with Crippen molar-refractivity contribution in [3.05, 3.63) is 63.1 Å². The summed E-state index contributed by atoms with van der Waals surface area (Å²) in [4.78, 5) is 23.2. The molecule has 2 aromatic carbocycles. The summed E-state index contributed by atoms with van der Waals surface area (Å²) in [6, 6.07) is 11.2. The lowest BCUT2D eigenvalue weighted by molar-refractivity contribution is 0.0697. The van der Waals surface area contributed by atoms with Crippen LogP contribution >= 0.6 is 39.7 Å². The highest BCUT2D eigenvalue weighted by Crippen LogP contribution is 2.20. The van der Waals surface area contributed by atoms with E-state index >= 15 is 0 Å². The van der Waals surface area contributed by atoms with Crippen LogP contribution in [0.2, 0.25) is 5.02 Å². The summed E-state index contributed by atoms with van der Waals surface area (Å²) in [6.07, 6.45) is 0. The van der Waals surface area contributed by atoms with E-state index in [0.29, 0.717) is 15.7 Å². The molecule has 0 atom stereocenters. The number of carboxylic acid groups (broad SMARTS) is 1. The van der Waals surface area contributed by atoms with E-state index in [9.17, 15) is 9.59 Å². The van der Waals surface area contributed by atoms with E-state index in [4.69, 9.17) is 28.9 Å². The molecule has 0 saturated heterocycles. The molecule has 3 N–H and O–H groups in total. The molecule has 1 amide bonds. The third-order valence-corrected chi connectivity index (χ3v) is 4.03. The lowest BCUT2D eigenvalue weighted by Crippen LogP contribution is -2.34. The fourth-order valence-corrected chi connectivity index (χ4v) is 2.62. The number of halogens is 2. The average molecular weight is 414 g/mol. The van der Waals surface area contributed by atoms with Crippen molar-refractivity contribution in [2.75, 3.05) is 5.32 Å². The van der Waals surface area contributed by atoms with Gasteiger partial charge in [-0.05, 0) is 58.5 Å². The second kappa shape index (κ2) is 7.54. The lowest BCUT2D eigenvalue weighted by Gasteiger charge is -2.11. The standard InChI is InChI=1S/C15H10BrClN2O3S/c16-11-4-2-1-3-9(11)13(20)19-15(23)18-8-5-6-12(17)10(7-8)14(21)22/h1-7H,(H,21,22)(H2,18,19,20,23). The zero-order chi connectivity index (χ0) is 17.0. The summed E-state index contributed by atoms with van der Waals surface area (Å²) in [5, 5.41) is 14.5. The molecule has 2 aromatic rings. The van der Waals surface area contributed by atoms with Gasteiger partial charge >= 0.3 is 5.97 Å². The number of amides is 1. The summed E-state index contributed by atoms with van der Waals surface area (Å²) in [7, 11) is 0. The van der Waals surface area contributed by atoms with Crippen LogP contribution in [0.15, 0.2) is 46.9 Å². The van der Waals surface area contributed by atoms with Crippen LogP contribution in [-0.4, -0.2) is 22.1 Å². The van der Waals surface area contributed by atoms with Crippen molar-refractivity contribution in [3.8, 4) is 0 Å². The summed E-state index contributed by atoms with van der Waals surface area (Å²) < 4.78 is 0.639. The first-order chi connectivity index (χ1) is 10.9. The number of rotatable bonds is 3. The highest BCUT2D eigenvalue weighted by molar-refractivity contribution is 9.10. The molecule has 2 rings (SSSR count). The molecule has 8 heteroatoms. The number of thiocarbonyl (C=S) groups is 1. The molecular weight excluding hydrogens is 404 g/mol. The number of hydrogen-bond donors (Lipinski definition) is 3. The summed E-state index contributed by atoms with van der Waals surface area (Å²) in [5.41, 5.74) is 0.778. The Labute approximate surface area is 150 Å². The molecule has 0 unspecified atom stereocenters. The number of aromatic carboxylic acids is 1. The van der Waals surface area contributed by atoms with E-state index in [1.54, 1.807) is 30.3 Å². The molecular formula is C15H10BrClN2O3S. The molecule has 0 aliphatic heterocycles. The van der Waals surface area contributed by atoms with Crippen LogP contribution in [0.1, 0.15) is 20.7 Å². The Balaban J connectivity index is 2.08. The molecule has 0 spiro atoms. The monoisotopic (exact) mass is 412 g/mol. The Bertz CT molecular complexity index is 798. The Morgan fingerprint density at radius 1 is 1.13 bits per heavy atom. The highest BCUT2D eigenvalue weighted by atomic mass is 79.9. The molecule has 0 saturated carbocycles. The van der Waals surface area contributed by atoms with Crippen molar-refractivity contribution in [2.24, 2.45) is 0 Å². The SMILES string of the molecule is O=C(O)c1cc(NC(=S)NC(=O)c2ccccc2Br)ccc1Cl. The maximum absolute atomic E-state index is 12.1. The van der Waals surface area contributed by atoms with Gasteiger partial charge in [0.15, 0.2) is 5.11 Å². The molecule has 0 aliphatic rings. The molecule has 5 nitrogen and oxygen atoms in total. The van der Waals surface area contributed by atoms with E-state index in [-0.39, 0.29) is 21.6 Å². The van der Waals surface area contributed by atoms with E-state index in [1.807, 2.05) is 0 Å². The van der Waals surface area contributed by atoms with Gasteiger partial charge in [-0.15, -0.1) is 0 Å². The van der Waals surface area contributed by atoms with Gasteiger partial charge in [-0.3, -0.25) is 10.1 Å². The van der Waals surface area contributed by atoms with Crippen molar-refractivity contribution in [1.29, 1.82) is 0 Å². The molecule has 118 valence electrons. The molecule has 0 fully saturated rings. The Hall–Kier alpha value is -1.96. The molecule has 0 bridgehead atoms. The molecule has 0 radical (unpaired) electrons. The van der Waals surface area contributed by atoms with Crippen molar-refractivity contribution in [3.63, 3.8) is 0 Å². The largest absolute Gasteiger partial charge is 0.478 e. The predicted octanol–water partition coefficient (Wildman–Crippen LogP) is 3.93. The van der Waals surface area contributed by atoms with Gasteiger partial charge in [0.2, 0.25) is 0 Å². The van der Waals surface area contributed by atoms with Crippen LogP contribution in [0, 0.1) is 0 Å². The van der Waals surface area contributed by atoms with Crippen LogP contribution in [0.4, 0.5) is 5.69 Å². The number of nitrogens with one attached hydrogen (secondary N) is 2. The van der Waals surface area contributed by atoms with Crippen LogP contribution in [0.3, 0.4) is 0 Å². The molecule has 0 aliphatic carbocycles. The minimum Gasteiger partial charge on any atom is -0.478 e. The van der Waals surface area contributed by atoms with Gasteiger partial charge in [-0.1, -0.05) is 23.7 Å². The van der Waals surface area contributed by atoms with Crippen molar-refractivity contribution >= 4 is 62.4 Å². The molecule has 0 heterocycles. The maximum Gasteiger partial charge on any atom is 0.337 e. The number of anilines is 1. The number of carbonyl (C=O) groups is 2. The first-order valence-electron chi connectivity index (χ1n) is 6.28. The van der Waals surface area contributed by atoms with Gasteiger partial charge in [0.1, 0.15) is 0 Å². The fourth-order valence-electron chi connectivity index (χ4n) is 1.75. The van der Waals surface area contributed by atoms with Crippen LogP contribution in [-0.2, 0) is 0 Å². The van der Waals surface area contributed by atoms with Gasteiger partial charge < -0.3 is 10.4 Å². The average Bonchev–Trinajstić information content (AvgIpc) is 2.49. The van der Waals surface area contributed by atoms with Gasteiger partial charge in [0.05, 0.1) is 16.1 Å². The zero-order valence-corrected chi connectivity index (χ0v) is 14.6. The number of carboxylic acids is 1. The normalized spacial score (nSPS) is 10.0. The first-order valence-corrected chi connectivity index (χ1v) is 7.86. The van der Waals surface area contributed by atoms with E-state index < -0.39 is 5.97 Å². The van der Waals surface area contributed by atoms with Gasteiger partial charge in [-0.25, -0.2) is 4.79 Å². The Morgan fingerprint density at radius 3 is 2.48 bits per heavy atom. The first kappa shape index (κ1) is 17.4. The van der Waals surface area contributed by atoms with Crippen LogP contribution in [0.25, 0.3) is 0 Å². The van der Waals surface area contributed by atoms with Gasteiger partial charge in [-0.2, -0.15) is 0 Å². The predicted molar refractivity (Wildman–Crippen MR) is 96.2 cm³/mol. The Morgan fingerprint density at radius 2 is 1.83 bits per heavy atom. The quantitative estimate of drug-likeness (QED) is 0.665. The lowest BCUT2D eigenvalue weighted by atomic mass is 10.2. The third kappa shape index (κ3) is 4.51. The van der Waals surface area contributed by atoms with E-state index in [2.05, 4.69) is 26.6 Å². The van der Waals surface area contributed by atoms with Gasteiger partial charge in [0.25, 0.3) is 5.91 Å². The minimum absolute atomic E-state index is 0.0458.